The first-order valence-electron chi connectivity index (χ1n) is 6.41. The molecule has 0 aliphatic rings. The van der Waals surface area contributed by atoms with Crippen LogP contribution in [0, 0.1) is 0 Å². The number of hydrogen-bond donors (Lipinski definition) is 1. The highest BCUT2D eigenvalue weighted by Crippen LogP contribution is 2.17. The Labute approximate surface area is 114 Å². The molecule has 106 valence electrons. The maximum atomic E-state index is 11.7. The van der Waals surface area contributed by atoms with E-state index in [1.807, 2.05) is 26.1 Å². The van der Waals surface area contributed by atoms with E-state index in [0.717, 1.165) is 12.3 Å². The van der Waals surface area contributed by atoms with Gasteiger partial charge in [-0.1, -0.05) is 0 Å². The average molecular weight is 266 g/mol. The third kappa shape index (κ3) is 5.61. The maximum Gasteiger partial charge on any atom is 0.260 e. The van der Waals surface area contributed by atoms with Crippen molar-refractivity contribution in [2.75, 3.05) is 40.4 Å². The van der Waals surface area contributed by atoms with Crippen LogP contribution in [0.2, 0.25) is 0 Å². The highest BCUT2D eigenvalue weighted by atomic mass is 16.5. The van der Waals surface area contributed by atoms with Crippen molar-refractivity contribution >= 4 is 5.91 Å². The Morgan fingerprint density at radius 3 is 2.32 bits per heavy atom. The van der Waals surface area contributed by atoms with Crippen LogP contribution in [0.3, 0.4) is 0 Å². The second-order valence-electron chi connectivity index (χ2n) is 4.11. The minimum absolute atomic E-state index is 0.0378. The zero-order chi connectivity index (χ0) is 14.1. The Morgan fingerprint density at radius 2 is 1.79 bits per heavy atom. The summed E-state index contributed by atoms with van der Waals surface area (Å²) in [7, 11) is 3.62. The van der Waals surface area contributed by atoms with Crippen molar-refractivity contribution in [3.63, 3.8) is 0 Å². The molecule has 0 spiro atoms. The molecule has 0 heterocycles. The Hall–Kier alpha value is -1.75. The van der Waals surface area contributed by atoms with Gasteiger partial charge in [-0.15, -0.1) is 0 Å². The molecule has 19 heavy (non-hydrogen) atoms. The fraction of sp³-hybridized carbons (Fsp3) is 0.500. The topological polar surface area (TPSA) is 50.8 Å². The quantitative estimate of drug-likeness (QED) is 0.766. The van der Waals surface area contributed by atoms with Gasteiger partial charge in [0.05, 0.1) is 6.61 Å². The van der Waals surface area contributed by atoms with E-state index in [4.69, 9.17) is 9.47 Å². The van der Waals surface area contributed by atoms with Crippen molar-refractivity contribution < 1.29 is 14.3 Å². The van der Waals surface area contributed by atoms with Crippen LogP contribution < -0.4 is 14.8 Å². The Bertz CT molecular complexity index is 379. The van der Waals surface area contributed by atoms with Gasteiger partial charge in [-0.05, 0) is 38.2 Å². The fourth-order valence-corrected chi connectivity index (χ4v) is 1.46. The molecule has 0 unspecified atom stereocenters. The Balaban J connectivity index is 2.37. The molecule has 0 saturated carbocycles. The molecule has 1 amide bonds. The average Bonchev–Trinajstić information content (AvgIpc) is 2.44. The number of carbonyl (C=O) groups excluding carboxylic acids is 1. The zero-order valence-corrected chi connectivity index (χ0v) is 11.8. The standard InChI is InChI=1S/C14H22N2O3/c1-4-18-12-5-7-13(8-6-12)19-11-14(17)16(3)10-9-15-2/h5-8,15H,4,9-11H2,1-3H3. The Kier molecular flexibility index (Phi) is 6.74. The summed E-state index contributed by atoms with van der Waals surface area (Å²) in [5.74, 6) is 1.43. The monoisotopic (exact) mass is 266 g/mol. The van der Waals surface area contributed by atoms with Crippen LogP contribution >= 0.6 is 0 Å². The van der Waals surface area contributed by atoms with Crippen LogP contribution in [-0.2, 0) is 4.79 Å². The molecule has 1 aromatic rings. The summed E-state index contributed by atoms with van der Waals surface area (Å²) < 4.78 is 10.8. The third-order valence-corrected chi connectivity index (χ3v) is 2.62. The fourth-order valence-electron chi connectivity index (χ4n) is 1.46. The molecule has 0 atom stereocenters. The van der Waals surface area contributed by atoms with E-state index in [1.165, 1.54) is 0 Å². The highest BCUT2D eigenvalue weighted by molar-refractivity contribution is 5.77. The molecule has 0 aromatic heterocycles. The number of hydrogen-bond acceptors (Lipinski definition) is 4. The molecule has 0 fully saturated rings. The molecule has 0 radical (unpaired) electrons. The van der Waals surface area contributed by atoms with Crippen molar-refractivity contribution in [2.24, 2.45) is 0 Å². The van der Waals surface area contributed by atoms with Gasteiger partial charge in [-0.25, -0.2) is 0 Å². The van der Waals surface area contributed by atoms with Crippen LogP contribution in [0.4, 0.5) is 0 Å². The van der Waals surface area contributed by atoms with Gasteiger partial charge in [0.1, 0.15) is 11.5 Å². The first kappa shape index (κ1) is 15.3. The minimum atomic E-state index is -0.0378. The lowest BCUT2D eigenvalue weighted by molar-refractivity contribution is -0.131. The summed E-state index contributed by atoms with van der Waals surface area (Å²) >= 11 is 0. The lowest BCUT2D eigenvalue weighted by Crippen LogP contribution is -2.35. The van der Waals surface area contributed by atoms with Gasteiger partial charge in [0.15, 0.2) is 6.61 Å². The van der Waals surface area contributed by atoms with E-state index in [9.17, 15) is 4.79 Å². The number of carbonyl (C=O) groups is 1. The number of likely N-dealkylation sites (N-methyl/N-ethyl adjacent to an activating group) is 2. The third-order valence-electron chi connectivity index (χ3n) is 2.62. The van der Waals surface area contributed by atoms with Crippen molar-refractivity contribution in [1.29, 1.82) is 0 Å². The van der Waals surface area contributed by atoms with Gasteiger partial charge in [-0.3, -0.25) is 4.79 Å². The van der Waals surface area contributed by atoms with Crippen molar-refractivity contribution in [3.8, 4) is 11.5 Å². The normalized spacial score (nSPS) is 10.1. The zero-order valence-electron chi connectivity index (χ0n) is 11.8. The largest absolute Gasteiger partial charge is 0.494 e. The highest BCUT2D eigenvalue weighted by Gasteiger charge is 2.08. The van der Waals surface area contributed by atoms with Gasteiger partial charge < -0.3 is 19.7 Å². The molecular formula is C14H22N2O3. The predicted molar refractivity (Wildman–Crippen MR) is 74.7 cm³/mol. The van der Waals surface area contributed by atoms with Crippen LogP contribution in [0.25, 0.3) is 0 Å². The van der Waals surface area contributed by atoms with Crippen molar-refractivity contribution in [3.05, 3.63) is 24.3 Å². The SMILES string of the molecule is CCOc1ccc(OCC(=O)N(C)CCNC)cc1. The second kappa shape index (κ2) is 8.37. The summed E-state index contributed by atoms with van der Waals surface area (Å²) in [6.07, 6.45) is 0. The van der Waals surface area contributed by atoms with E-state index < -0.39 is 0 Å². The summed E-state index contributed by atoms with van der Waals surface area (Å²) in [5, 5.41) is 3.00. The molecule has 0 aliphatic carbocycles. The molecule has 1 rings (SSSR count). The smallest absolute Gasteiger partial charge is 0.260 e. The van der Waals surface area contributed by atoms with Crippen LogP contribution in [-0.4, -0.2) is 51.2 Å². The first-order chi connectivity index (χ1) is 9.17. The molecule has 0 saturated heterocycles. The van der Waals surface area contributed by atoms with Crippen molar-refractivity contribution in [2.45, 2.75) is 6.92 Å². The van der Waals surface area contributed by atoms with E-state index >= 15 is 0 Å². The summed E-state index contributed by atoms with van der Waals surface area (Å²) in [5.41, 5.74) is 0. The molecule has 1 aromatic carbocycles. The maximum absolute atomic E-state index is 11.7. The molecule has 1 N–H and O–H groups in total. The van der Waals surface area contributed by atoms with Crippen molar-refractivity contribution in [1.82, 2.24) is 10.2 Å². The van der Waals surface area contributed by atoms with E-state index in [1.54, 1.807) is 24.1 Å². The van der Waals surface area contributed by atoms with Crippen LogP contribution in [0.5, 0.6) is 11.5 Å². The summed E-state index contributed by atoms with van der Waals surface area (Å²) in [4.78, 5) is 13.4. The van der Waals surface area contributed by atoms with Crippen LogP contribution in [0.15, 0.2) is 24.3 Å². The van der Waals surface area contributed by atoms with E-state index in [0.29, 0.717) is 18.9 Å². The predicted octanol–water partition coefficient (Wildman–Crippen LogP) is 1.14. The number of nitrogens with one attached hydrogen (secondary N) is 1. The van der Waals surface area contributed by atoms with Gasteiger partial charge in [0.25, 0.3) is 5.91 Å². The lowest BCUT2D eigenvalue weighted by atomic mass is 10.3. The number of benzene rings is 1. The van der Waals surface area contributed by atoms with Crippen LogP contribution in [0.1, 0.15) is 6.92 Å². The number of ether oxygens (including phenoxy) is 2. The van der Waals surface area contributed by atoms with Gasteiger partial charge >= 0.3 is 0 Å². The second-order valence-corrected chi connectivity index (χ2v) is 4.11. The summed E-state index contributed by atoms with van der Waals surface area (Å²) in [6, 6.07) is 7.25. The molecule has 5 heteroatoms. The molecule has 0 bridgehead atoms. The lowest BCUT2D eigenvalue weighted by Gasteiger charge is -2.17. The van der Waals surface area contributed by atoms with Gasteiger partial charge in [0, 0.05) is 20.1 Å². The number of amides is 1. The van der Waals surface area contributed by atoms with Gasteiger partial charge in [-0.2, -0.15) is 0 Å². The number of rotatable bonds is 8. The number of nitrogens with zero attached hydrogens (tertiary/aromatic N) is 1. The van der Waals surface area contributed by atoms with E-state index in [2.05, 4.69) is 5.32 Å². The van der Waals surface area contributed by atoms with E-state index in [-0.39, 0.29) is 12.5 Å². The minimum Gasteiger partial charge on any atom is -0.494 e. The first-order valence-corrected chi connectivity index (χ1v) is 6.41. The molecule has 0 aliphatic heterocycles. The Morgan fingerprint density at radius 1 is 1.21 bits per heavy atom. The molecular weight excluding hydrogens is 244 g/mol. The summed E-state index contributed by atoms with van der Waals surface area (Å²) in [6.45, 7) is 4.06. The molecule has 5 nitrogen and oxygen atoms in total. The van der Waals surface area contributed by atoms with Gasteiger partial charge in [0.2, 0.25) is 0 Å².